The minimum absolute atomic E-state index is 0.202. The number of nitrogen functional groups attached to an aromatic ring is 1. The van der Waals surface area contributed by atoms with E-state index < -0.39 is 12.2 Å². The maximum Gasteiger partial charge on any atom is 0.295 e. The molecule has 0 atom stereocenters. The first-order valence-corrected chi connectivity index (χ1v) is 7.54. The summed E-state index contributed by atoms with van der Waals surface area (Å²) in [6.45, 7) is 3.74. The van der Waals surface area contributed by atoms with Crippen molar-refractivity contribution < 1.29 is 13.5 Å². The van der Waals surface area contributed by atoms with Gasteiger partial charge in [-0.15, -0.1) is 0 Å². The van der Waals surface area contributed by atoms with Gasteiger partial charge >= 0.3 is 0 Å². The van der Waals surface area contributed by atoms with E-state index in [4.69, 9.17) is 10.5 Å². The number of ether oxygens (including phenoxy) is 1. The first-order chi connectivity index (χ1) is 11.9. The smallest absolute Gasteiger partial charge is 0.295 e. The van der Waals surface area contributed by atoms with Crippen molar-refractivity contribution in [2.75, 3.05) is 12.8 Å². The highest BCUT2D eigenvalue weighted by atomic mass is 19.3. The Morgan fingerprint density at radius 2 is 2.00 bits per heavy atom. The zero-order chi connectivity index (χ0) is 18.3. The van der Waals surface area contributed by atoms with E-state index in [1.165, 1.54) is 6.07 Å². The van der Waals surface area contributed by atoms with E-state index >= 15 is 0 Å². The molecule has 1 aromatic heterocycles. The molecule has 0 radical (unpaired) electrons. The van der Waals surface area contributed by atoms with Gasteiger partial charge in [0.05, 0.1) is 29.4 Å². The second-order valence-electron chi connectivity index (χ2n) is 5.73. The van der Waals surface area contributed by atoms with Crippen LogP contribution in [0.2, 0.25) is 0 Å². The first-order valence-electron chi connectivity index (χ1n) is 7.54. The molecule has 0 amide bonds. The molecule has 0 aliphatic carbocycles. The molecule has 25 heavy (non-hydrogen) atoms. The van der Waals surface area contributed by atoms with Gasteiger partial charge in [0.15, 0.2) is 5.82 Å². The number of fused-ring (bicyclic) bond motifs is 1. The van der Waals surface area contributed by atoms with Gasteiger partial charge in [-0.25, -0.2) is 13.8 Å². The lowest BCUT2D eigenvalue weighted by Crippen LogP contribution is -2.00. The van der Waals surface area contributed by atoms with Crippen LogP contribution in [0.4, 0.5) is 14.5 Å². The molecule has 0 bridgehead atoms. The molecule has 0 saturated carbocycles. The third-order valence-electron chi connectivity index (χ3n) is 4.26. The number of hydrogen-bond acceptors (Lipinski definition) is 4. The molecule has 5 nitrogen and oxygen atoms in total. The summed E-state index contributed by atoms with van der Waals surface area (Å²) in [5.74, 6) is 0.184. The topological polar surface area (TPSA) is 87.7 Å². The van der Waals surface area contributed by atoms with E-state index in [0.717, 1.165) is 16.7 Å². The van der Waals surface area contributed by atoms with Crippen molar-refractivity contribution in [3.8, 4) is 22.9 Å². The van der Waals surface area contributed by atoms with Crippen molar-refractivity contribution in [3.05, 3.63) is 40.7 Å². The Labute approximate surface area is 143 Å². The Morgan fingerprint density at radius 3 is 2.60 bits per heavy atom. The van der Waals surface area contributed by atoms with Crippen LogP contribution in [-0.2, 0) is 0 Å². The second-order valence-corrected chi connectivity index (χ2v) is 5.73. The van der Waals surface area contributed by atoms with E-state index in [0.29, 0.717) is 22.3 Å². The normalized spacial score (nSPS) is 11.1. The number of nitrogens with zero attached hydrogens (tertiary/aromatic N) is 2. The van der Waals surface area contributed by atoms with Crippen LogP contribution in [0.3, 0.4) is 0 Å². The van der Waals surface area contributed by atoms with E-state index in [-0.39, 0.29) is 11.3 Å². The summed E-state index contributed by atoms with van der Waals surface area (Å²) >= 11 is 0. The van der Waals surface area contributed by atoms with Gasteiger partial charge in [0.25, 0.3) is 6.43 Å². The number of nitriles is 1. The molecule has 0 aliphatic heterocycles. The summed E-state index contributed by atoms with van der Waals surface area (Å²) in [5.41, 5.74) is 10.1. The minimum Gasteiger partial charge on any atom is -0.496 e. The summed E-state index contributed by atoms with van der Waals surface area (Å²) in [6.07, 6.45) is -2.75. The average Bonchev–Trinajstić information content (AvgIpc) is 3.00. The van der Waals surface area contributed by atoms with Crippen LogP contribution >= 0.6 is 0 Å². The summed E-state index contributed by atoms with van der Waals surface area (Å²) in [6, 6.07) is 7.13. The molecule has 3 N–H and O–H groups in total. The van der Waals surface area contributed by atoms with E-state index in [2.05, 4.69) is 9.97 Å². The highest BCUT2D eigenvalue weighted by Crippen LogP contribution is 2.41. The fourth-order valence-electron chi connectivity index (χ4n) is 3.07. The molecule has 3 rings (SSSR count). The van der Waals surface area contributed by atoms with Crippen LogP contribution in [-0.4, -0.2) is 17.1 Å². The van der Waals surface area contributed by atoms with Gasteiger partial charge in [-0.3, -0.25) is 0 Å². The Balaban J connectivity index is 2.48. The number of anilines is 1. The quantitative estimate of drug-likeness (QED) is 0.697. The lowest BCUT2D eigenvalue weighted by Gasteiger charge is -2.16. The average molecular weight is 342 g/mol. The standard InChI is InChI=1S/C18H16F2N4O/c1-8-4-5-12(25-3)9(2)13(8)14-15(22)10(7-21)6-11-16(14)24-18(23-11)17(19)20/h4-6,17H,22H2,1-3H3,(H,23,24). The predicted octanol–water partition coefficient (Wildman–Crippen LogP) is 4.25. The number of aromatic amines is 1. The molecule has 0 aliphatic rings. The highest BCUT2D eigenvalue weighted by Gasteiger charge is 2.22. The number of H-pyrrole nitrogens is 1. The predicted molar refractivity (Wildman–Crippen MR) is 91.6 cm³/mol. The fourth-order valence-corrected chi connectivity index (χ4v) is 3.07. The number of benzene rings is 2. The zero-order valence-electron chi connectivity index (χ0n) is 13.9. The van der Waals surface area contributed by atoms with Crippen molar-refractivity contribution >= 4 is 16.7 Å². The number of rotatable bonds is 3. The van der Waals surface area contributed by atoms with Crippen molar-refractivity contribution in [2.45, 2.75) is 20.3 Å². The number of methoxy groups -OCH3 is 1. The number of halogens is 2. The van der Waals surface area contributed by atoms with Crippen molar-refractivity contribution in [1.82, 2.24) is 9.97 Å². The number of nitrogens with two attached hydrogens (primary N) is 1. The molecular formula is C18H16F2N4O. The fraction of sp³-hybridized carbons (Fsp3) is 0.222. The maximum atomic E-state index is 13.1. The van der Waals surface area contributed by atoms with Gasteiger partial charge in [0.2, 0.25) is 0 Å². The second kappa shape index (κ2) is 6.06. The number of hydrogen-bond donors (Lipinski definition) is 2. The monoisotopic (exact) mass is 342 g/mol. The molecule has 0 saturated heterocycles. The summed E-state index contributed by atoms with van der Waals surface area (Å²) in [7, 11) is 1.55. The zero-order valence-corrected chi connectivity index (χ0v) is 13.9. The Kier molecular flexibility index (Phi) is 4.05. The molecule has 2 aromatic carbocycles. The molecular weight excluding hydrogens is 326 g/mol. The largest absolute Gasteiger partial charge is 0.496 e. The van der Waals surface area contributed by atoms with Gasteiger partial charge in [0.1, 0.15) is 11.8 Å². The van der Waals surface area contributed by atoms with Gasteiger partial charge < -0.3 is 15.5 Å². The lowest BCUT2D eigenvalue weighted by molar-refractivity contribution is 0.142. The Bertz CT molecular complexity index is 1020. The van der Waals surface area contributed by atoms with Gasteiger partial charge in [-0.2, -0.15) is 5.26 Å². The number of imidazole rings is 1. The highest BCUT2D eigenvalue weighted by molar-refractivity contribution is 6.02. The first kappa shape index (κ1) is 16.7. The van der Waals surface area contributed by atoms with Crippen LogP contribution in [0.1, 0.15) is 28.9 Å². The summed E-state index contributed by atoms with van der Waals surface area (Å²) in [5, 5.41) is 9.37. The maximum absolute atomic E-state index is 13.1. The van der Waals surface area contributed by atoms with Crippen LogP contribution < -0.4 is 10.5 Å². The van der Waals surface area contributed by atoms with Gasteiger partial charge in [-0.05, 0) is 42.7 Å². The molecule has 1 heterocycles. The summed E-state index contributed by atoms with van der Waals surface area (Å²) < 4.78 is 31.5. The van der Waals surface area contributed by atoms with Gasteiger partial charge in [-0.1, -0.05) is 6.07 Å². The van der Waals surface area contributed by atoms with Crippen molar-refractivity contribution in [1.29, 1.82) is 5.26 Å². The number of alkyl halides is 2. The van der Waals surface area contributed by atoms with Crippen LogP contribution in [0.25, 0.3) is 22.2 Å². The third kappa shape index (κ3) is 2.56. The van der Waals surface area contributed by atoms with E-state index in [1.54, 1.807) is 7.11 Å². The summed E-state index contributed by atoms with van der Waals surface area (Å²) in [4.78, 5) is 6.60. The SMILES string of the molecule is COc1ccc(C)c(-c2c(N)c(C#N)cc3[nH]c(C(F)F)nc23)c1C. The lowest BCUT2D eigenvalue weighted by atomic mass is 9.91. The number of aromatic nitrogens is 2. The molecule has 3 aromatic rings. The molecule has 0 unspecified atom stereocenters. The molecule has 128 valence electrons. The van der Waals surface area contributed by atoms with Crippen molar-refractivity contribution in [2.24, 2.45) is 0 Å². The number of nitrogens with one attached hydrogen (secondary N) is 1. The van der Waals surface area contributed by atoms with E-state index in [9.17, 15) is 14.0 Å². The molecule has 0 spiro atoms. The minimum atomic E-state index is -2.75. The van der Waals surface area contributed by atoms with E-state index in [1.807, 2.05) is 32.0 Å². The van der Waals surface area contributed by atoms with Crippen LogP contribution in [0, 0.1) is 25.2 Å². The van der Waals surface area contributed by atoms with Crippen LogP contribution in [0.15, 0.2) is 18.2 Å². The third-order valence-corrected chi connectivity index (χ3v) is 4.26. The molecule has 0 fully saturated rings. The Morgan fingerprint density at radius 1 is 1.28 bits per heavy atom. The number of aryl methyl sites for hydroxylation is 1. The van der Waals surface area contributed by atoms with Gasteiger partial charge in [0, 0.05) is 5.56 Å². The van der Waals surface area contributed by atoms with Crippen LogP contribution in [0.5, 0.6) is 5.75 Å². The molecule has 7 heteroatoms. The Hall–Kier alpha value is -3.14. The van der Waals surface area contributed by atoms with Crippen molar-refractivity contribution in [3.63, 3.8) is 0 Å².